The van der Waals surface area contributed by atoms with Gasteiger partial charge in [0, 0.05) is 41.5 Å². The predicted molar refractivity (Wildman–Crippen MR) is 127 cm³/mol. The summed E-state index contributed by atoms with van der Waals surface area (Å²) in [6, 6.07) is 12.5. The summed E-state index contributed by atoms with van der Waals surface area (Å²) >= 11 is 0. The first-order valence-corrected chi connectivity index (χ1v) is 10.8. The van der Waals surface area contributed by atoms with Crippen LogP contribution in [0.4, 0.5) is 30.4 Å². The molecule has 2 N–H and O–H groups in total. The van der Waals surface area contributed by atoms with Gasteiger partial charge in [-0.3, -0.25) is 4.79 Å². The highest BCUT2D eigenvalue weighted by Crippen LogP contribution is 2.27. The molecule has 0 aliphatic carbocycles. The maximum atomic E-state index is 12.6. The van der Waals surface area contributed by atoms with Gasteiger partial charge in [-0.1, -0.05) is 17.6 Å². The molecule has 3 aromatic rings. The minimum atomic E-state index is -5.05. The highest BCUT2D eigenvalue weighted by molar-refractivity contribution is 6.02. The number of hydroxylamine groups is 2. The first-order chi connectivity index (χ1) is 17.2. The van der Waals surface area contributed by atoms with Gasteiger partial charge in [0.25, 0.3) is 0 Å². The molecule has 8 nitrogen and oxygen atoms in total. The average Bonchev–Trinajstić information content (AvgIpc) is 2.85. The van der Waals surface area contributed by atoms with Crippen LogP contribution in [0, 0.1) is 12.3 Å². The molecule has 2 aromatic carbocycles. The Bertz CT molecular complexity index is 1370. The van der Waals surface area contributed by atoms with E-state index in [2.05, 4.69) is 31.4 Å². The number of fused-ring (bicyclic) bond motifs is 1. The Morgan fingerprint density at radius 3 is 2.58 bits per heavy atom. The Labute approximate surface area is 204 Å². The van der Waals surface area contributed by atoms with Gasteiger partial charge in [-0.05, 0) is 49.2 Å². The third-order valence-electron chi connectivity index (χ3n) is 5.34. The summed E-state index contributed by atoms with van der Waals surface area (Å²) in [6.45, 7) is 0.119. The van der Waals surface area contributed by atoms with Crippen molar-refractivity contribution >= 4 is 40.0 Å². The lowest BCUT2D eigenvalue weighted by atomic mass is 10.0. The van der Waals surface area contributed by atoms with E-state index in [1.54, 1.807) is 24.3 Å². The van der Waals surface area contributed by atoms with Crippen LogP contribution in [-0.4, -0.2) is 46.2 Å². The summed E-state index contributed by atoms with van der Waals surface area (Å²) in [6.07, 6.45) is 3.81. The number of terminal acetylenes is 1. The SMILES string of the molecule is C#Cc1cccc(Nc2ncnc3ccc(NC(=O)C=C4CCN(OC(=O)C(F)(F)F)CC4)cc23)c1. The number of hydrogen-bond acceptors (Lipinski definition) is 7. The second kappa shape index (κ2) is 10.5. The van der Waals surface area contributed by atoms with E-state index in [0.717, 1.165) is 16.3 Å². The number of carbonyl (C=O) groups excluding carboxylic acids is 2. The van der Waals surface area contributed by atoms with Crippen molar-refractivity contribution in [1.82, 2.24) is 15.0 Å². The van der Waals surface area contributed by atoms with E-state index >= 15 is 0 Å². The van der Waals surface area contributed by atoms with Crippen LogP contribution in [0.3, 0.4) is 0 Å². The molecule has 1 aromatic heterocycles. The number of nitrogens with one attached hydrogen (secondary N) is 2. The lowest BCUT2D eigenvalue weighted by Gasteiger charge is -2.26. The molecule has 0 bridgehead atoms. The molecule has 0 saturated carbocycles. The number of hydrogen-bond donors (Lipinski definition) is 2. The Hall–Kier alpha value is -4.43. The van der Waals surface area contributed by atoms with Crippen molar-refractivity contribution in [2.75, 3.05) is 23.7 Å². The summed E-state index contributed by atoms with van der Waals surface area (Å²) in [7, 11) is 0. The smallest absolute Gasteiger partial charge is 0.361 e. The number of rotatable bonds is 5. The fraction of sp³-hybridized carbons (Fsp3) is 0.200. The van der Waals surface area contributed by atoms with Crippen LogP contribution in [-0.2, 0) is 14.4 Å². The third kappa shape index (κ3) is 6.17. The summed E-state index contributed by atoms with van der Waals surface area (Å²) in [4.78, 5) is 36.4. The molecule has 1 aliphatic heterocycles. The van der Waals surface area contributed by atoms with Gasteiger partial charge >= 0.3 is 12.1 Å². The summed E-state index contributed by atoms with van der Waals surface area (Å²) in [5.41, 5.74) is 3.36. The van der Waals surface area contributed by atoms with Crippen LogP contribution in [0.15, 0.2) is 60.4 Å². The number of halogens is 3. The number of nitrogens with zero attached hydrogens (tertiary/aromatic N) is 3. The second-order valence-electron chi connectivity index (χ2n) is 7.90. The zero-order chi connectivity index (χ0) is 25.7. The quantitative estimate of drug-likeness (QED) is 0.402. The number of anilines is 3. The molecule has 1 fully saturated rings. The van der Waals surface area contributed by atoms with Gasteiger partial charge < -0.3 is 15.5 Å². The Morgan fingerprint density at radius 2 is 1.86 bits per heavy atom. The van der Waals surface area contributed by atoms with Gasteiger partial charge in [-0.15, -0.1) is 11.5 Å². The Balaban J connectivity index is 1.42. The first-order valence-electron chi connectivity index (χ1n) is 10.8. The van der Waals surface area contributed by atoms with Crippen LogP contribution in [0.5, 0.6) is 0 Å². The molecule has 4 rings (SSSR count). The van der Waals surface area contributed by atoms with E-state index in [1.807, 2.05) is 18.2 Å². The number of aromatic nitrogens is 2. The van der Waals surface area contributed by atoms with Gasteiger partial charge in [0.05, 0.1) is 5.52 Å². The fourth-order valence-corrected chi connectivity index (χ4v) is 3.60. The van der Waals surface area contributed by atoms with Crippen molar-refractivity contribution < 1.29 is 27.6 Å². The minimum Gasteiger partial charge on any atom is -0.361 e. The standard InChI is InChI=1S/C25H20F3N5O3/c1-2-16-4-3-5-18(12-16)32-23-20-14-19(6-7-21(20)29-15-30-23)31-22(34)13-17-8-10-33(11-9-17)36-24(35)25(26,27)28/h1,3-7,12-15H,8-11H2,(H,31,34)(H,29,30,32). The molecule has 184 valence electrons. The van der Waals surface area contributed by atoms with E-state index in [4.69, 9.17) is 6.42 Å². The number of alkyl halides is 3. The molecule has 0 unspecified atom stereocenters. The van der Waals surface area contributed by atoms with Crippen molar-refractivity contribution in [3.05, 3.63) is 66.0 Å². The van der Waals surface area contributed by atoms with Gasteiger partial charge in [-0.25, -0.2) is 14.8 Å². The van der Waals surface area contributed by atoms with Crippen molar-refractivity contribution in [2.45, 2.75) is 19.0 Å². The van der Waals surface area contributed by atoms with E-state index in [9.17, 15) is 22.8 Å². The molecular formula is C25H20F3N5O3. The van der Waals surface area contributed by atoms with Gasteiger partial charge in [-0.2, -0.15) is 13.2 Å². The van der Waals surface area contributed by atoms with Crippen molar-refractivity contribution in [3.8, 4) is 12.3 Å². The molecule has 36 heavy (non-hydrogen) atoms. The summed E-state index contributed by atoms with van der Waals surface area (Å²) < 4.78 is 37.0. The van der Waals surface area contributed by atoms with Crippen LogP contribution in [0.2, 0.25) is 0 Å². The molecule has 0 atom stereocenters. The van der Waals surface area contributed by atoms with E-state index in [-0.39, 0.29) is 25.9 Å². The third-order valence-corrected chi connectivity index (χ3v) is 5.34. The lowest BCUT2D eigenvalue weighted by molar-refractivity contribution is -0.239. The van der Waals surface area contributed by atoms with Crippen molar-refractivity contribution in [1.29, 1.82) is 0 Å². The largest absolute Gasteiger partial charge is 0.492 e. The first kappa shape index (κ1) is 24.7. The molecule has 11 heteroatoms. The fourth-order valence-electron chi connectivity index (χ4n) is 3.60. The zero-order valence-corrected chi connectivity index (χ0v) is 18.8. The van der Waals surface area contributed by atoms with Gasteiger partial charge in [0.15, 0.2) is 0 Å². The van der Waals surface area contributed by atoms with E-state index < -0.39 is 18.1 Å². The lowest BCUT2D eigenvalue weighted by Crippen LogP contribution is -2.38. The molecule has 0 radical (unpaired) electrons. The molecule has 0 spiro atoms. The number of piperidine rings is 1. The van der Waals surface area contributed by atoms with E-state index in [1.165, 1.54) is 12.4 Å². The number of carbonyl (C=O) groups is 2. The maximum Gasteiger partial charge on any atom is 0.492 e. The van der Waals surface area contributed by atoms with Gasteiger partial charge in [0.1, 0.15) is 12.1 Å². The highest BCUT2D eigenvalue weighted by atomic mass is 19.4. The average molecular weight is 495 g/mol. The normalized spacial score (nSPS) is 14.1. The Kier molecular flexibility index (Phi) is 7.17. The highest BCUT2D eigenvalue weighted by Gasteiger charge is 2.42. The summed E-state index contributed by atoms with van der Waals surface area (Å²) in [5, 5.41) is 7.62. The Morgan fingerprint density at radius 1 is 1.08 bits per heavy atom. The van der Waals surface area contributed by atoms with Crippen molar-refractivity contribution in [3.63, 3.8) is 0 Å². The molecule has 2 heterocycles. The van der Waals surface area contributed by atoms with Gasteiger partial charge in [0.2, 0.25) is 5.91 Å². The topological polar surface area (TPSA) is 96.4 Å². The number of benzene rings is 2. The molecule has 1 amide bonds. The van der Waals surface area contributed by atoms with Crippen molar-refractivity contribution in [2.24, 2.45) is 0 Å². The number of amides is 1. The maximum absolute atomic E-state index is 12.6. The van der Waals surface area contributed by atoms with Crippen LogP contribution in [0.25, 0.3) is 10.9 Å². The van der Waals surface area contributed by atoms with E-state index in [0.29, 0.717) is 28.0 Å². The second-order valence-corrected chi connectivity index (χ2v) is 7.90. The van der Waals surface area contributed by atoms with Crippen LogP contribution >= 0.6 is 0 Å². The minimum absolute atomic E-state index is 0.0597. The predicted octanol–water partition coefficient (Wildman–Crippen LogP) is 4.34. The molecule has 1 saturated heterocycles. The monoisotopic (exact) mass is 495 g/mol. The molecule has 1 aliphatic rings. The summed E-state index contributed by atoms with van der Waals surface area (Å²) in [5.74, 6) is 0.458. The molecular weight excluding hydrogens is 475 g/mol. The van der Waals surface area contributed by atoms with Crippen LogP contribution in [0.1, 0.15) is 18.4 Å². The van der Waals surface area contributed by atoms with Crippen LogP contribution < -0.4 is 10.6 Å². The zero-order valence-electron chi connectivity index (χ0n) is 18.8.